The van der Waals surface area contributed by atoms with Crippen molar-refractivity contribution in [1.29, 1.82) is 0 Å². The van der Waals surface area contributed by atoms with Crippen molar-refractivity contribution >= 4 is 11.8 Å². The van der Waals surface area contributed by atoms with Gasteiger partial charge in [-0.15, -0.1) is 0 Å². The van der Waals surface area contributed by atoms with Gasteiger partial charge in [0.1, 0.15) is 18.1 Å². The van der Waals surface area contributed by atoms with Gasteiger partial charge in [0, 0.05) is 18.8 Å². The Morgan fingerprint density at radius 1 is 1.39 bits per heavy atom. The Hall–Kier alpha value is -1.77. The highest BCUT2D eigenvalue weighted by Gasteiger charge is 2.18. The number of ketones is 1. The lowest BCUT2D eigenvalue weighted by Gasteiger charge is -2.09. The molecular weight excluding hydrogens is 304 g/mol. The highest BCUT2D eigenvalue weighted by molar-refractivity contribution is 5.79. The van der Waals surface area contributed by atoms with Crippen LogP contribution in [0.25, 0.3) is 0 Å². The topological polar surface area (TPSA) is 147 Å². The number of aliphatic hydroxyl groups is 2. The third kappa shape index (κ3) is 6.89. The molecule has 1 aromatic heterocycles. The standard InChI is InChI=1S/C15H24N2O6/c1-9(13-8-23-15(17-13)12(16)7-18)5-10(19)3-2-4-11(20)6-14(21)22/h8-9,11-12,18,20H,2-7,16H2,1H3,(H,21,22)/t9-,11-,12-/m0/s1. The van der Waals surface area contributed by atoms with E-state index in [0.29, 0.717) is 12.1 Å². The minimum Gasteiger partial charge on any atom is -0.481 e. The molecule has 8 nitrogen and oxygen atoms in total. The maximum Gasteiger partial charge on any atom is 0.305 e. The molecule has 0 spiro atoms. The number of nitrogens with two attached hydrogens (primary N) is 1. The molecule has 0 amide bonds. The maximum atomic E-state index is 11.9. The molecule has 5 N–H and O–H groups in total. The summed E-state index contributed by atoms with van der Waals surface area (Å²) in [5.74, 6) is -0.954. The number of carbonyl (C=O) groups is 2. The summed E-state index contributed by atoms with van der Waals surface area (Å²) in [5, 5.41) is 26.9. The van der Waals surface area contributed by atoms with Gasteiger partial charge in [-0.05, 0) is 12.8 Å². The summed E-state index contributed by atoms with van der Waals surface area (Å²) in [6, 6.07) is -0.678. The summed E-state index contributed by atoms with van der Waals surface area (Å²) in [6.45, 7) is 1.56. The Bertz CT molecular complexity index is 516. The summed E-state index contributed by atoms with van der Waals surface area (Å²) in [4.78, 5) is 26.5. The van der Waals surface area contributed by atoms with Crippen LogP contribution in [0.1, 0.15) is 62.6 Å². The molecule has 0 radical (unpaired) electrons. The molecule has 1 rings (SSSR count). The Morgan fingerprint density at radius 3 is 2.70 bits per heavy atom. The fraction of sp³-hybridized carbons (Fsp3) is 0.667. The van der Waals surface area contributed by atoms with Gasteiger partial charge in [-0.1, -0.05) is 6.92 Å². The van der Waals surface area contributed by atoms with E-state index in [4.69, 9.17) is 20.4 Å². The number of aliphatic hydroxyl groups excluding tert-OH is 2. The summed E-state index contributed by atoms with van der Waals surface area (Å²) >= 11 is 0. The van der Waals surface area contributed by atoms with E-state index < -0.39 is 18.1 Å². The van der Waals surface area contributed by atoms with E-state index >= 15 is 0 Å². The van der Waals surface area contributed by atoms with E-state index in [1.54, 1.807) is 0 Å². The first-order chi connectivity index (χ1) is 10.8. The lowest BCUT2D eigenvalue weighted by Crippen LogP contribution is -2.15. The number of oxazole rings is 1. The number of hydrogen-bond donors (Lipinski definition) is 4. The molecule has 0 aliphatic heterocycles. The number of hydrogen-bond acceptors (Lipinski definition) is 7. The predicted octanol–water partition coefficient (Wildman–Crippen LogP) is 0.735. The highest BCUT2D eigenvalue weighted by Crippen LogP contribution is 2.21. The van der Waals surface area contributed by atoms with Gasteiger partial charge in [-0.3, -0.25) is 9.59 Å². The summed E-state index contributed by atoms with van der Waals surface area (Å²) < 4.78 is 5.17. The fourth-order valence-corrected chi connectivity index (χ4v) is 2.16. The Morgan fingerprint density at radius 2 is 2.09 bits per heavy atom. The number of nitrogens with zero attached hydrogens (tertiary/aromatic N) is 1. The Labute approximate surface area is 134 Å². The van der Waals surface area contributed by atoms with Crippen LogP contribution in [-0.4, -0.2) is 44.8 Å². The zero-order valence-electron chi connectivity index (χ0n) is 13.1. The second-order valence-electron chi connectivity index (χ2n) is 5.69. The van der Waals surface area contributed by atoms with E-state index in [1.165, 1.54) is 6.26 Å². The van der Waals surface area contributed by atoms with Crippen molar-refractivity contribution in [2.45, 2.75) is 57.1 Å². The minimum absolute atomic E-state index is 0.0102. The molecule has 0 aromatic carbocycles. The lowest BCUT2D eigenvalue weighted by atomic mass is 9.98. The number of aliphatic carboxylic acids is 1. The van der Waals surface area contributed by atoms with E-state index in [1.807, 2.05) is 6.92 Å². The van der Waals surface area contributed by atoms with Crippen LogP contribution in [0.2, 0.25) is 0 Å². The van der Waals surface area contributed by atoms with E-state index in [2.05, 4.69) is 4.98 Å². The van der Waals surface area contributed by atoms with Crippen LogP contribution in [0.15, 0.2) is 10.7 Å². The molecular formula is C15H24N2O6. The third-order valence-electron chi connectivity index (χ3n) is 3.50. The maximum absolute atomic E-state index is 11.9. The van der Waals surface area contributed by atoms with Crippen molar-refractivity contribution in [3.05, 3.63) is 17.8 Å². The molecule has 8 heteroatoms. The largest absolute Gasteiger partial charge is 0.481 e. The van der Waals surface area contributed by atoms with Crippen LogP contribution in [0.4, 0.5) is 0 Å². The molecule has 1 aromatic rings. The second kappa shape index (κ2) is 9.39. The van der Waals surface area contributed by atoms with E-state index in [-0.39, 0.29) is 49.9 Å². The van der Waals surface area contributed by atoms with Crippen LogP contribution in [-0.2, 0) is 9.59 Å². The first-order valence-electron chi connectivity index (χ1n) is 7.56. The fourth-order valence-electron chi connectivity index (χ4n) is 2.16. The van der Waals surface area contributed by atoms with Gasteiger partial charge in [0.15, 0.2) is 0 Å². The Kier molecular flexibility index (Phi) is 7.87. The van der Waals surface area contributed by atoms with Gasteiger partial charge in [0.25, 0.3) is 0 Å². The number of aromatic nitrogens is 1. The molecule has 0 saturated carbocycles. The second-order valence-corrected chi connectivity index (χ2v) is 5.69. The van der Waals surface area contributed by atoms with Gasteiger partial charge in [0.2, 0.25) is 5.89 Å². The van der Waals surface area contributed by atoms with Crippen molar-refractivity contribution in [3.63, 3.8) is 0 Å². The van der Waals surface area contributed by atoms with Crippen LogP contribution in [0.5, 0.6) is 0 Å². The number of carbonyl (C=O) groups excluding carboxylic acids is 1. The zero-order valence-corrected chi connectivity index (χ0v) is 13.1. The van der Waals surface area contributed by atoms with Gasteiger partial charge in [-0.2, -0.15) is 0 Å². The average molecular weight is 328 g/mol. The SMILES string of the molecule is C[C@@H](CC(=O)CCC[C@H](O)CC(=O)O)c1coc([C@@H](N)CO)n1. The monoisotopic (exact) mass is 328 g/mol. The summed E-state index contributed by atoms with van der Waals surface area (Å²) in [6.07, 6.45) is 1.48. The van der Waals surface area contributed by atoms with Crippen molar-refractivity contribution in [2.24, 2.45) is 5.73 Å². The van der Waals surface area contributed by atoms with E-state index in [0.717, 1.165) is 0 Å². The van der Waals surface area contributed by atoms with Crippen molar-refractivity contribution in [1.82, 2.24) is 4.98 Å². The number of rotatable bonds is 11. The molecule has 0 fully saturated rings. The molecule has 0 aliphatic carbocycles. The Balaban J connectivity index is 2.36. The lowest BCUT2D eigenvalue weighted by molar-refractivity contribution is -0.139. The van der Waals surface area contributed by atoms with Crippen LogP contribution < -0.4 is 5.73 Å². The van der Waals surface area contributed by atoms with Gasteiger partial charge in [0.05, 0.1) is 24.8 Å². The summed E-state index contributed by atoms with van der Waals surface area (Å²) in [7, 11) is 0. The quantitative estimate of drug-likeness (QED) is 0.465. The molecule has 0 saturated heterocycles. The first-order valence-corrected chi connectivity index (χ1v) is 7.56. The van der Waals surface area contributed by atoms with Gasteiger partial charge in [-0.25, -0.2) is 4.98 Å². The van der Waals surface area contributed by atoms with Crippen LogP contribution in [0.3, 0.4) is 0 Å². The molecule has 0 unspecified atom stereocenters. The normalized spacial score (nSPS) is 15.1. The van der Waals surface area contributed by atoms with Crippen molar-refractivity contribution < 1.29 is 29.3 Å². The number of Topliss-reactive ketones (excluding diaryl/α,β-unsaturated/α-hetero) is 1. The van der Waals surface area contributed by atoms with Gasteiger partial charge < -0.3 is 25.5 Å². The summed E-state index contributed by atoms with van der Waals surface area (Å²) in [5.41, 5.74) is 6.20. The first kappa shape index (κ1) is 19.3. The molecule has 23 heavy (non-hydrogen) atoms. The van der Waals surface area contributed by atoms with Crippen LogP contribution in [0, 0.1) is 0 Å². The van der Waals surface area contributed by atoms with Gasteiger partial charge >= 0.3 is 5.97 Å². The smallest absolute Gasteiger partial charge is 0.305 e. The zero-order chi connectivity index (χ0) is 17.4. The average Bonchev–Trinajstić information content (AvgIpc) is 2.95. The molecule has 0 bridgehead atoms. The van der Waals surface area contributed by atoms with E-state index in [9.17, 15) is 14.7 Å². The number of carboxylic acid groups (broad SMARTS) is 1. The molecule has 3 atom stereocenters. The van der Waals surface area contributed by atoms with Crippen molar-refractivity contribution in [3.8, 4) is 0 Å². The minimum atomic E-state index is -1.06. The number of carboxylic acids is 1. The van der Waals surface area contributed by atoms with Crippen LogP contribution >= 0.6 is 0 Å². The van der Waals surface area contributed by atoms with Crippen molar-refractivity contribution in [2.75, 3.05) is 6.61 Å². The molecule has 0 aliphatic rings. The predicted molar refractivity (Wildman–Crippen MR) is 80.7 cm³/mol. The highest BCUT2D eigenvalue weighted by atomic mass is 16.4. The molecule has 130 valence electrons. The third-order valence-corrected chi connectivity index (χ3v) is 3.50. The molecule has 1 heterocycles.